The molecule has 18 heavy (non-hydrogen) atoms. The molecule has 0 saturated carbocycles. The van der Waals surface area contributed by atoms with E-state index in [0.29, 0.717) is 11.7 Å². The minimum absolute atomic E-state index is 0.180. The lowest BCUT2D eigenvalue weighted by atomic mass is 10.2. The molecule has 0 aliphatic rings. The summed E-state index contributed by atoms with van der Waals surface area (Å²) in [6.45, 7) is 5.61. The molecule has 0 radical (unpaired) electrons. The Balaban J connectivity index is 2.59. The van der Waals surface area contributed by atoms with Crippen LogP contribution in [0.15, 0.2) is 6.20 Å². The van der Waals surface area contributed by atoms with Crippen molar-refractivity contribution in [2.45, 2.75) is 31.5 Å². The van der Waals surface area contributed by atoms with Gasteiger partial charge in [-0.25, -0.2) is 4.98 Å². The van der Waals surface area contributed by atoms with Crippen LogP contribution in [0.3, 0.4) is 0 Å². The van der Waals surface area contributed by atoms with Gasteiger partial charge < -0.3 is 10.1 Å². The van der Waals surface area contributed by atoms with E-state index in [9.17, 15) is 9.59 Å². The van der Waals surface area contributed by atoms with Gasteiger partial charge in [-0.1, -0.05) is 15.9 Å². The Kier molecular flexibility index (Phi) is 5.28. The molecule has 1 rings (SSSR count). The summed E-state index contributed by atoms with van der Waals surface area (Å²) in [6.07, 6.45) is 1.75. The summed E-state index contributed by atoms with van der Waals surface area (Å²) in [7, 11) is 0. The second-order valence-electron chi connectivity index (χ2n) is 4.04. The number of hydrogen-bond acceptors (Lipinski definition) is 5. The molecule has 1 N–H and O–H groups in total. The fraction of sp³-hybridized carbons (Fsp3) is 0.545. The average Bonchev–Trinajstić information content (AvgIpc) is 2.64. The number of hydrogen-bond donors (Lipinski definition) is 1. The number of carbonyl (C=O) groups is 2. The lowest BCUT2D eigenvalue weighted by Crippen LogP contribution is -2.30. The van der Waals surface area contributed by atoms with Gasteiger partial charge in [0.15, 0.2) is 5.13 Å². The Bertz CT molecular complexity index is 440. The number of carbonyl (C=O) groups excluding carboxylic acids is 2. The Hall–Kier alpha value is -0.950. The number of rotatable bonds is 5. The number of nitrogens with one attached hydrogen (secondary N) is 1. The quantitative estimate of drug-likeness (QED) is 0.663. The Labute approximate surface area is 118 Å². The molecule has 7 heteroatoms. The van der Waals surface area contributed by atoms with Crippen molar-refractivity contribution in [3.8, 4) is 0 Å². The highest BCUT2D eigenvalue weighted by atomic mass is 79.9. The number of ether oxygens (including phenoxy) is 1. The van der Waals surface area contributed by atoms with E-state index in [1.165, 1.54) is 11.3 Å². The highest BCUT2D eigenvalue weighted by Crippen LogP contribution is 2.22. The number of nitrogens with zero attached hydrogens (tertiary/aromatic N) is 1. The monoisotopic (exact) mass is 334 g/mol. The highest BCUT2D eigenvalue weighted by Gasteiger charge is 2.24. The summed E-state index contributed by atoms with van der Waals surface area (Å²) in [5.74, 6) is -0.473. The van der Waals surface area contributed by atoms with Crippen LogP contribution >= 0.6 is 27.3 Å². The summed E-state index contributed by atoms with van der Waals surface area (Å²) in [6, 6.07) is 0. The molecular formula is C11H15BrN2O3S. The maximum absolute atomic E-state index is 11.7. The first-order valence-corrected chi connectivity index (χ1v) is 7.04. The van der Waals surface area contributed by atoms with Gasteiger partial charge in [0.05, 0.1) is 17.4 Å². The fourth-order valence-corrected chi connectivity index (χ4v) is 1.94. The van der Waals surface area contributed by atoms with Gasteiger partial charge in [-0.3, -0.25) is 9.59 Å². The number of anilines is 1. The van der Waals surface area contributed by atoms with Gasteiger partial charge in [-0.05, 0) is 20.8 Å². The molecule has 0 aliphatic heterocycles. The molecular weight excluding hydrogens is 320 g/mol. The Morgan fingerprint density at radius 1 is 1.56 bits per heavy atom. The second kappa shape index (κ2) is 6.29. The van der Waals surface area contributed by atoms with E-state index >= 15 is 0 Å². The minimum atomic E-state index is -0.653. The van der Waals surface area contributed by atoms with Gasteiger partial charge >= 0.3 is 5.97 Å². The molecule has 1 heterocycles. The Morgan fingerprint density at radius 3 is 2.78 bits per heavy atom. The van der Waals surface area contributed by atoms with Gasteiger partial charge in [-0.2, -0.15) is 0 Å². The van der Waals surface area contributed by atoms with E-state index in [0.717, 1.165) is 4.88 Å². The van der Waals surface area contributed by atoms with Crippen molar-refractivity contribution in [3.63, 3.8) is 0 Å². The average molecular weight is 335 g/mol. The third-order valence-electron chi connectivity index (χ3n) is 1.94. The first kappa shape index (κ1) is 15.1. The zero-order chi connectivity index (χ0) is 13.8. The van der Waals surface area contributed by atoms with Gasteiger partial charge in [-0.15, -0.1) is 11.3 Å². The van der Waals surface area contributed by atoms with Crippen LogP contribution in [-0.4, -0.2) is 27.8 Å². The number of aromatic nitrogens is 1. The lowest BCUT2D eigenvalue weighted by Gasteiger charge is -2.13. The van der Waals surface area contributed by atoms with Crippen molar-refractivity contribution in [3.05, 3.63) is 11.1 Å². The largest absolute Gasteiger partial charge is 0.466 e. The van der Waals surface area contributed by atoms with Crippen LogP contribution in [0.2, 0.25) is 0 Å². The molecule has 100 valence electrons. The predicted octanol–water partition coefficient (Wildman–Crippen LogP) is 2.36. The van der Waals surface area contributed by atoms with Crippen molar-refractivity contribution in [1.82, 2.24) is 4.98 Å². The summed E-state index contributed by atoms with van der Waals surface area (Å²) < 4.78 is 4.18. The maximum Gasteiger partial charge on any atom is 0.311 e. The molecule has 5 nitrogen and oxygen atoms in total. The van der Waals surface area contributed by atoms with E-state index in [4.69, 9.17) is 4.74 Å². The van der Waals surface area contributed by atoms with Gasteiger partial charge in [0.1, 0.15) is 0 Å². The van der Waals surface area contributed by atoms with Crippen molar-refractivity contribution < 1.29 is 14.3 Å². The molecule has 0 fully saturated rings. The molecule has 0 atom stereocenters. The van der Waals surface area contributed by atoms with Crippen LogP contribution < -0.4 is 5.32 Å². The normalized spacial score (nSPS) is 11.1. The second-order valence-corrected chi connectivity index (χ2v) is 7.14. The lowest BCUT2D eigenvalue weighted by molar-refractivity contribution is -0.142. The molecule has 0 unspecified atom stereocenters. The van der Waals surface area contributed by atoms with Crippen molar-refractivity contribution in [2.75, 3.05) is 11.9 Å². The van der Waals surface area contributed by atoms with Crippen molar-refractivity contribution >= 4 is 44.3 Å². The first-order valence-electron chi connectivity index (χ1n) is 5.43. The number of halogens is 1. The van der Waals surface area contributed by atoms with Crippen LogP contribution in [0.1, 0.15) is 25.6 Å². The number of alkyl halides is 1. The topological polar surface area (TPSA) is 68.3 Å². The van der Waals surface area contributed by atoms with E-state index in [1.54, 1.807) is 27.0 Å². The maximum atomic E-state index is 11.7. The SMILES string of the molecule is CCOC(=O)Cc1cnc(NC(=O)C(C)(C)Br)s1. The Morgan fingerprint density at radius 2 is 2.22 bits per heavy atom. The predicted molar refractivity (Wildman–Crippen MR) is 74.1 cm³/mol. The van der Waals surface area contributed by atoms with E-state index in [2.05, 4.69) is 26.2 Å². The van der Waals surface area contributed by atoms with E-state index in [1.807, 2.05) is 0 Å². The molecule has 1 aromatic rings. The zero-order valence-electron chi connectivity index (χ0n) is 10.4. The third-order valence-corrected chi connectivity index (χ3v) is 3.21. The molecule has 0 bridgehead atoms. The number of thiazole rings is 1. The van der Waals surface area contributed by atoms with Crippen LogP contribution in [0.5, 0.6) is 0 Å². The van der Waals surface area contributed by atoms with Crippen LogP contribution in [0.4, 0.5) is 5.13 Å². The number of amides is 1. The summed E-state index contributed by atoms with van der Waals surface area (Å²) >= 11 is 4.53. The van der Waals surface area contributed by atoms with E-state index in [-0.39, 0.29) is 18.3 Å². The summed E-state index contributed by atoms with van der Waals surface area (Å²) in [4.78, 5) is 27.8. The van der Waals surface area contributed by atoms with Gasteiger partial charge in [0, 0.05) is 11.1 Å². The first-order chi connectivity index (χ1) is 8.32. The van der Waals surface area contributed by atoms with E-state index < -0.39 is 4.32 Å². The summed E-state index contributed by atoms with van der Waals surface area (Å²) in [5.41, 5.74) is 0. The molecule has 1 aromatic heterocycles. The highest BCUT2D eigenvalue weighted by molar-refractivity contribution is 9.10. The fourth-order valence-electron chi connectivity index (χ4n) is 1.05. The zero-order valence-corrected chi connectivity index (χ0v) is 12.9. The number of esters is 1. The smallest absolute Gasteiger partial charge is 0.311 e. The van der Waals surface area contributed by atoms with Gasteiger partial charge in [0.25, 0.3) is 0 Å². The van der Waals surface area contributed by atoms with Gasteiger partial charge in [0.2, 0.25) is 5.91 Å². The standard InChI is InChI=1S/C11H15BrN2O3S/c1-4-17-8(15)5-7-6-13-10(18-7)14-9(16)11(2,3)12/h6H,4-5H2,1-3H3,(H,13,14,16). The van der Waals surface area contributed by atoms with Crippen LogP contribution in [0.25, 0.3) is 0 Å². The molecule has 0 aliphatic carbocycles. The van der Waals surface area contributed by atoms with Crippen LogP contribution in [-0.2, 0) is 20.7 Å². The van der Waals surface area contributed by atoms with Crippen molar-refractivity contribution in [1.29, 1.82) is 0 Å². The molecule has 1 amide bonds. The molecule has 0 spiro atoms. The molecule has 0 saturated heterocycles. The van der Waals surface area contributed by atoms with Crippen molar-refractivity contribution in [2.24, 2.45) is 0 Å². The summed E-state index contributed by atoms with van der Waals surface area (Å²) in [5, 5.41) is 3.16. The third kappa shape index (κ3) is 4.73. The van der Waals surface area contributed by atoms with Crippen LogP contribution in [0, 0.1) is 0 Å². The minimum Gasteiger partial charge on any atom is -0.466 e. The molecule has 0 aromatic carbocycles.